The number of rotatable bonds is 5. The molecule has 1 aromatic carbocycles. The number of fused-ring (bicyclic) bond motifs is 1. The highest BCUT2D eigenvalue weighted by atomic mass is 32.2. The van der Waals surface area contributed by atoms with Gasteiger partial charge in [-0.3, -0.25) is 10.2 Å². The third-order valence-corrected chi connectivity index (χ3v) is 6.52. The van der Waals surface area contributed by atoms with Crippen LogP contribution in [0.2, 0.25) is 0 Å². The maximum absolute atomic E-state index is 12.6. The Kier molecular flexibility index (Phi) is 5.08. The van der Waals surface area contributed by atoms with Gasteiger partial charge in [-0.1, -0.05) is 18.2 Å². The first-order chi connectivity index (χ1) is 15.5. The van der Waals surface area contributed by atoms with Crippen LogP contribution in [-0.4, -0.2) is 38.0 Å². The third-order valence-electron chi connectivity index (χ3n) is 4.73. The number of hydrogen-bond acceptors (Lipinski definition) is 7. The SMILES string of the molecule is N=C1/C(=C/c2ccc(-c3ccc(C(=O)O)cc3)o2)C(=O)N=C2SC(Cc3cccs3)=NN12. The lowest BCUT2D eigenvalue weighted by molar-refractivity contribution is -0.114. The van der Waals surface area contributed by atoms with Gasteiger partial charge >= 0.3 is 5.97 Å². The molecule has 32 heavy (non-hydrogen) atoms. The van der Waals surface area contributed by atoms with E-state index in [1.807, 2.05) is 17.5 Å². The van der Waals surface area contributed by atoms with Gasteiger partial charge in [0.25, 0.3) is 5.91 Å². The molecular formula is C22H14N4O4S2. The number of carbonyl (C=O) groups excluding carboxylic acids is 1. The van der Waals surface area contributed by atoms with Gasteiger partial charge in [-0.2, -0.15) is 15.1 Å². The van der Waals surface area contributed by atoms with Crippen molar-refractivity contribution in [2.45, 2.75) is 6.42 Å². The summed E-state index contributed by atoms with van der Waals surface area (Å²) in [5.41, 5.74) is 0.960. The molecule has 0 fully saturated rings. The van der Waals surface area contributed by atoms with Gasteiger partial charge in [0.15, 0.2) is 5.84 Å². The van der Waals surface area contributed by atoms with Crippen LogP contribution in [-0.2, 0) is 11.2 Å². The number of nitrogens with one attached hydrogen (secondary N) is 1. The van der Waals surface area contributed by atoms with Crippen LogP contribution in [0.5, 0.6) is 0 Å². The predicted molar refractivity (Wildman–Crippen MR) is 124 cm³/mol. The van der Waals surface area contributed by atoms with Crippen LogP contribution in [0.15, 0.2) is 74.0 Å². The Labute approximate surface area is 190 Å². The molecule has 0 saturated heterocycles. The summed E-state index contributed by atoms with van der Waals surface area (Å²) in [6.45, 7) is 0. The minimum atomic E-state index is -1.00. The fraction of sp³-hybridized carbons (Fsp3) is 0.0455. The fourth-order valence-corrected chi connectivity index (χ4v) is 4.88. The second-order valence-corrected chi connectivity index (χ2v) is 8.93. The number of carboxylic acids is 1. The number of aromatic carboxylic acids is 1. The van der Waals surface area contributed by atoms with Crippen molar-refractivity contribution in [3.8, 4) is 11.3 Å². The van der Waals surface area contributed by atoms with E-state index in [2.05, 4.69) is 10.1 Å². The van der Waals surface area contributed by atoms with Crippen LogP contribution in [0.25, 0.3) is 17.4 Å². The Morgan fingerprint density at radius 1 is 1.19 bits per heavy atom. The molecule has 2 aromatic heterocycles. The van der Waals surface area contributed by atoms with E-state index in [9.17, 15) is 9.59 Å². The molecule has 0 aliphatic carbocycles. The molecule has 2 N–H and O–H groups in total. The first-order valence-corrected chi connectivity index (χ1v) is 11.1. The Morgan fingerprint density at radius 2 is 2.00 bits per heavy atom. The second kappa shape index (κ2) is 8.06. The zero-order valence-corrected chi connectivity index (χ0v) is 17.9. The number of carbonyl (C=O) groups is 2. The summed E-state index contributed by atoms with van der Waals surface area (Å²) in [5, 5.41) is 26.5. The second-order valence-electron chi connectivity index (χ2n) is 6.85. The quantitative estimate of drug-likeness (QED) is 0.536. The molecule has 0 saturated carbocycles. The summed E-state index contributed by atoms with van der Waals surface area (Å²) in [4.78, 5) is 28.8. The van der Waals surface area contributed by atoms with Gasteiger partial charge in [0.1, 0.15) is 16.6 Å². The van der Waals surface area contributed by atoms with Crippen molar-refractivity contribution < 1.29 is 19.1 Å². The molecule has 1 amide bonds. The summed E-state index contributed by atoms with van der Waals surface area (Å²) < 4.78 is 5.79. The number of carboxylic acid groups (broad SMARTS) is 1. The molecule has 0 atom stereocenters. The van der Waals surface area contributed by atoms with E-state index in [-0.39, 0.29) is 17.0 Å². The molecular weight excluding hydrogens is 448 g/mol. The first-order valence-electron chi connectivity index (χ1n) is 9.43. The van der Waals surface area contributed by atoms with Crippen molar-refractivity contribution in [1.29, 1.82) is 5.41 Å². The minimum Gasteiger partial charge on any atom is -0.478 e. The number of amidine groups is 2. The summed E-state index contributed by atoms with van der Waals surface area (Å²) in [7, 11) is 0. The fourth-order valence-electron chi connectivity index (χ4n) is 3.17. The van der Waals surface area contributed by atoms with Crippen molar-refractivity contribution in [3.63, 3.8) is 0 Å². The van der Waals surface area contributed by atoms with Crippen molar-refractivity contribution >= 4 is 57.1 Å². The Morgan fingerprint density at radius 3 is 2.72 bits per heavy atom. The molecule has 158 valence electrons. The standard InChI is InChI=1S/C22H14N4O4S2/c23-19-16(10-14-7-8-17(30-14)12-3-5-13(6-4-12)21(28)29)20(27)24-22-26(19)25-18(32-22)11-15-2-1-9-31-15/h1-10,23H,11H2,(H,28,29)/b16-10-,23-19?. The minimum absolute atomic E-state index is 0.0579. The molecule has 10 heteroatoms. The monoisotopic (exact) mass is 462 g/mol. The van der Waals surface area contributed by atoms with Crippen molar-refractivity contribution in [2.24, 2.45) is 10.1 Å². The molecule has 2 aliphatic rings. The molecule has 0 bridgehead atoms. The number of thioether (sulfide) groups is 1. The number of nitrogens with zero attached hydrogens (tertiary/aromatic N) is 3. The molecule has 2 aliphatic heterocycles. The van der Waals surface area contributed by atoms with Gasteiger partial charge in [-0.25, -0.2) is 4.79 Å². The van der Waals surface area contributed by atoms with Gasteiger partial charge in [0.05, 0.1) is 11.1 Å². The number of aliphatic imine (C=N–C) groups is 1. The number of furan rings is 1. The van der Waals surface area contributed by atoms with Gasteiger partial charge in [-0.05, 0) is 53.5 Å². The van der Waals surface area contributed by atoms with Crippen molar-refractivity contribution in [2.75, 3.05) is 0 Å². The van der Waals surface area contributed by atoms with E-state index >= 15 is 0 Å². The van der Waals surface area contributed by atoms with Crippen molar-refractivity contribution in [3.05, 3.63) is 75.7 Å². The molecule has 8 nitrogen and oxygen atoms in total. The van der Waals surface area contributed by atoms with Gasteiger partial charge < -0.3 is 9.52 Å². The lowest BCUT2D eigenvalue weighted by atomic mass is 10.1. The van der Waals surface area contributed by atoms with Crippen LogP contribution < -0.4 is 0 Å². The number of hydrazone groups is 1. The smallest absolute Gasteiger partial charge is 0.335 e. The van der Waals surface area contributed by atoms with Crippen LogP contribution in [0.3, 0.4) is 0 Å². The summed E-state index contributed by atoms with van der Waals surface area (Å²) in [6.07, 6.45) is 2.10. The van der Waals surface area contributed by atoms with E-state index in [0.717, 1.165) is 9.92 Å². The lowest BCUT2D eigenvalue weighted by Crippen LogP contribution is -2.35. The van der Waals surface area contributed by atoms with E-state index in [4.69, 9.17) is 14.9 Å². The topological polar surface area (TPSA) is 119 Å². The average molecular weight is 463 g/mol. The number of hydrogen-bond donors (Lipinski definition) is 2. The third kappa shape index (κ3) is 3.81. The summed E-state index contributed by atoms with van der Waals surface area (Å²) in [5.74, 6) is -0.691. The predicted octanol–water partition coefficient (Wildman–Crippen LogP) is 4.57. The zero-order chi connectivity index (χ0) is 22.2. The molecule has 0 spiro atoms. The van der Waals surface area contributed by atoms with E-state index in [0.29, 0.717) is 28.7 Å². The van der Waals surface area contributed by atoms with Gasteiger partial charge in [-0.15, -0.1) is 11.3 Å². The zero-order valence-electron chi connectivity index (χ0n) is 16.3. The van der Waals surface area contributed by atoms with Gasteiger partial charge in [0, 0.05) is 16.9 Å². The molecule has 0 radical (unpaired) electrons. The summed E-state index contributed by atoms with van der Waals surface area (Å²) >= 11 is 2.91. The van der Waals surface area contributed by atoms with Crippen molar-refractivity contribution in [1.82, 2.24) is 5.01 Å². The molecule has 0 unspecified atom stereocenters. The number of amides is 1. The highest BCUT2D eigenvalue weighted by Gasteiger charge is 2.35. The first kappa shape index (κ1) is 20.2. The van der Waals surface area contributed by atoms with Gasteiger partial charge in [0.2, 0.25) is 5.17 Å². The van der Waals surface area contributed by atoms with Crippen LogP contribution in [0.4, 0.5) is 0 Å². The number of thiophene rings is 1. The Balaban J connectivity index is 1.38. The van der Waals surface area contributed by atoms with Crippen LogP contribution in [0.1, 0.15) is 21.0 Å². The highest BCUT2D eigenvalue weighted by Crippen LogP contribution is 2.31. The van der Waals surface area contributed by atoms with E-state index in [1.54, 1.807) is 35.6 Å². The van der Waals surface area contributed by atoms with Crippen LogP contribution in [0, 0.1) is 5.41 Å². The number of benzene rings is 1. The lowest BCUT2D eigenvalue weighted by Gasteiger charge is -2.19. The molecule has 5 rings (SSSR count). The molecule has 3 aromatic rings. The highest BCUT2D eigenvalue weighted by molar-refractivity contribution is 8.27. The summed E-state index contributed by atoms with van der Waals surface area (Å²) in [6, 6.07) is 13.7. The Hall–Kier alpha value is -3.76. The Bertz CT molecular complexity index is 1330. The maximum atomic E-state index is 12.6. The van der Waals surface area contributed by atoms with Crippen LogP contribution >= 0.6 is 23.1 Å². The van der Waals surface area contributed by atoms with E-state index in [1.165, 1.54) is 35.0 Å². The average Bonchev–Trinajstić information content (AvgIpc) is 3.53. The normalized spacial score (nSPS) is 16.9. The maximum Gasteiger partial charge on any atom is 0.335 e. The largest absolute Gasteiger partial charge is 0.478 e. The molecule has 4 heterocycles. The van der Waals surface area contributed by atoms with E-state index < -0.39 is 11.9 Å².